The Bertz CT molecular complexity index is 348. The molecule has 0 aromatic heterocycles. The van der Waals surface area contributed by atoms with Gasteiger partial charge in [-0.1, -0.05) is 44.2 Å². The average Bonchev–Trinajstić information content (AvgIpc) is 2.16. The van der Waals surface area contributed by atoms with E-state index >= 15 is 0 Å². The van der Waals surface area contributed by atoms with Crippen LogP contribution in [0.4, 0.5) is 0 Å². The van der Waals surface area contributed by atoms with E-state index in [1.165, 1.54) is 11.1 Å². The summed E-state index contributed by atoms with van der Waals surface area (Å²) in [6.07, 6.45) is 3.89. The molecule has 0 aliphatic rings. The molecule has 1 N–H and O–H groups in total. The minimum Gasteiger partial charge on any atom is -0.305 e. The molecule has 0 unspecified atom stereocenters. The molecule has 0 radical (unpaired) electrons. The number of aryl methyl sites for hydroxylation is 1. The van der Waals surface area contributed by atoms with Crippen molar-refractivity contribution in [3.63, 3.8) is 0 Å². The van der Waals surface area contributed by atoms with Crippen LogP contribution in [0.2, 0.25) is 0 Å². The fourth-order valence-corrected chi connectivity index (χ4v) is 1.15. The first kappa shape index (κ1) is 10.7. The topological polar surface area (TPSA) is 23.9 Å². The lowest BCUT2D eigenvalue weighted by atomic mass is 10.0. The van der Waals surface area contributed by atoms with E-state index in [2.05, 4.69) is 19.1 Å². The van der Waals surface area contributed by atoms with Crippen molar-refractivity contribution < 1.29 is 0 Å². The highest BCUT2D eigenvalue weighted by atomic mass is 14.4. The van der Waals surface area contributed by atoms with Crippen LogP contribution in [0.5, 0.6) is 0 Å². The van der Waals surface area contributed by atoms with Crippen LogP contribution in [0.3, 0.4) is 0 Å². The molecule has 1 aromatic rings. The monoisotopic (exact) mass is 187 g/mol. The van der Waals surface area contributed by atoms with Gasteiger partial charge in [-0.05, 0) is 30.0 Å². The van der Waals surface area contributed by atoms with Gasteiger partial charge in [-0.3, -0.25) is 0 Å². The standard InChI is InChI=1S/C13H17N/c1-10(2)13(14)9-8-12-7-5-4-6-11(12)3/h4-10,14H,1-3H3/b9-8-,14-13?. The van der Waals surface area contributed by atoms with Gasteiger partial charge in [0.2, 0.25) is 0 Å². The highest BCUT2D eigenvalue weighted by Crippen LogP contribution is 2.09. The Kier molecular flexibility index (Phi) is 3.63. The lowest BCUT2D eigenvalue weighted by Gasteiger charge is -2.02. The van der Waals surface area contributed by atoms with Gasteiger partial charge in [-0.25, -0.2) is 0 Å². The van der Waals surface area contributed by atoms with E-state index in [0.29, 0.717) is 11.6 Å². The molecule has 0 spiro atoms. The van der Waals surface area contributed by atoms with E-state index < -0.39 is 0 Å². The van der Waals surface area contributed by atoms with E-state index in [-0.39, 0.29) is 0 Å². The Morgan fingerprint density at radius 3 is 2.50 bits per heavy atom. The Balaban J connectivity index is 2.79. The summed E-state index contributed by atoms with van der Waals surface area (Å²) in [5.74, 6) is 0.301. The Morgan fingerprint density at radius 1 is 1.29 bits per heavy atom. The molecule has 74 valence electrons. The first-order valence-corrected chi connectivity index (χ1v) is 4.93. The van der Waals surface area contributed by atoms with Crippen molar-refractivity contribution in [1.29, 1.82) is 5.41 Å². The Labute approximate surface area is 86.0 Å². The van der Waals surface area contributed by atoms with Gasteiger partial charge in [0.05, 0.1) is 0 Å². The predicted octanol–water partition coefficient (Wildman–Crippen LogP) is 3.68. The van der Waals surface area contributed by atoms with Crippen LogP contribution in [0.15, 0.2) is 30.3 Å². The normalized spacial score (nSPS) is 11.1. The minimum absolute atomic E-state index is 0.301. The van der Waals surface area contributed by atoms with Gasteiger partial charge in [0.25, 0.3) is 0 Å². The van der Waals surface area contributed by atoms with E-state index in [1.54, 1.807) is 0 Å². The molecule has 1 aromatic carbocycles. The summed E-state index contributed by atoms with van der Waals surface area (Å²) in [6.45, 7) is 6.15. The molecule has 14 heavy (non-hydrogen) atoms. The summed E-state index contributed by atoms with van der Waals surface area (Å²) in [6, 6.07) is 8.20. The molecule has 1 heteroatoms. The fourth-order valence-electron chi connectivity index (χ4n) is 1.15. The average molecular weight is 187 g/mol. The van der Waals surface area contributed by atoms with Crippen molar-refractivity contribution in [2.45, 2.75) is 20.8 Å². The third-order valence-electron chi connectivity index (χ3n) is 2.25. The minimum atomic E-state index is 0.301. The smallest absolute Gasteiger partial charge is 0.0339 e. The number of nitrogens with one attached hydrogen (secondary N) is 1. The van der Waals surface area contributed by atoms with Crippen molar-refractivity contribution in [1.82, 2.24) is 0 Å². The molecule has 1 nitrogen and oxygen atoms in total. The number of hydrogen-bond acceptors (Lipinski definition) is 1. The maximum atomic E-state index is 7.68. The van der Waals surface area contributed by atoms with Crippen LogP contribution >= 0.6 is 0 Å². The summed E-state index contributed by atoms with van der Waals surface area (Å²) in [5, 5.41) is 7.68. The predicted molar refractivity (Wildman–Crippen MR) is 62.8 cm³/mol. The van der Waals surface area contributed by atoms with Gasteiger partial charge < -0.3 is 5.41 Å². The lowest BCUT2D eigenvalue weighted by Crippen LogP contribution is -2.00. The molecule has 0 saturated carbocycles. The summed E-state index contributed by atoms with van der Waals surface area (Å²) >= 11 is 0. The zero-order valence-corrected chi connectivity index (χ0v) is 9.04. The van der Waals surface area contributed by atoms with Crippen molar-refractivity contribution in [3.05, 3.63) is 41.5 Å². The molecular formula is C13H17N. The maximum absolute atomic E-state index is 7.68. The van der Waals surface area contributed by atoms with Gasteiger partial charge >= 0.3 is 0 Å². The number of benzene rings is 1. The maximum Gasteiger partial charge on any atom is 0.0339 e. The lowest BCUT2D eigenvalue weighted by molar-refractivity contribution is 0.882. The Hall–Kier alpha value is -1.37. The van der Waals surface area contributed by atoms with Gasteiger partial charge in [-0.2, -0.15) is 0 Å². The van der Waals surface area contributed by atoms with E-state index in [4.69, 9.17) is 5.41 Å². The molecule has 0 heterocycles. The zero-order valence-electron chi connectivity index (χ0n) is 9.04. The molecule has 0 bridgehead atoms. The second-order valence-electron chi connectivity index (χ2n) is 3.80. The SMILES string of the molecule is Cc1ccccc1/C=C\C(=N)C(C)C. The number of allylic oxidation sites excluding steroid dienone is 1. The molecule has 0 saturated heterocycles. The first-order chi connectivity index (χ1) is 6.61. The molecule has 0 fully saturated rings. The summed E-state index contributed by atoms with van der Waals surface area (Å²) in [4.78, 5) is 0. The van der Waals surface area contributed by atoms with Crippen molar-refractivity contribution in [3.8, 4) is 0 Å². The second kappa shape index (κ2) is 4.75. The third kappa shape index (κ3) is 2.84. The molecule has 1 rings (SSSR count). The van der Waals surface area contributed by atoms with Crippen LogP contribution in [0, 0.1) is 18.3 Å². The highest BCUT2D eigenvalue weighted by Gasteiger charge is 1.97. The molecular weight excluding hydrogens is 170 g/mol. The number of rotatable bonds is 3. The quantitative estimate of drug-likeness (QED) is 0.698. The van der Waals surface area contributed by atoms with Crippen LogP contribution in [-0.4, -0.2) is 5.71 Å². The second-order valence-corrected chi connectivity index (χ2v) is 3.80. The van der Waals surface area contributed by atoms with E-state index in [0.717, 1.165) is 0 Å². The number of hydrogen-bond donors (Lipinski definition) is 1. The Morgan fingerprint density at radius 2 is 1.93 bits per heavy atom. The molecule has 0 amide bonds. The molecule has 0 atom stereocenters. The molecule has 0 aliphatic carbocycles. The van der Waals surface area contributed by atoms with Gasteiger partial charge in [-0.15, -0.1) is 0 Å². The van der Waals surface area contributed by atoms with Gasteiger partial charge in [0.15, 0.2) is 0 Å². The van der Waals surface area contributed by atoms with Crippen LogP contribution < -0.4 is 0 Å². The third-order valence-corrected chi connectivity index (χ3v) is 2.25. The van der Waals surface area contributed by atoms with Gasteiger partial charge in [0.1, 0.15) is 0 Å². The largest absolute Gasteiger partial charge is 0.305 e. The van der Waals surface area contributed by atoms with E-state index in [9.17, 15) is 0 Å². The summed E-state index contributed by atoms with van der Waals surface area (Å²) in [5.41, 5.74) is 3.12. The molecule has 0 aliphatic heterocycles. The summed E-state index contributed by atoms with van der Waals surface area (Å²) < 4.78 is 0. The van der Waals surface area contributed by atoms with Crippen molar-refractivity contribution in [2.75, 3.05) is 0 Å². The highest BCUT2D eigenvalue weighted by molar-refractivity contribution is 5.97. The van der Waals surface area contributed by atoms with Crippen molar-refractivity contribution in [2.24, 2.45) is 5.92 Å². The van der Waals surface area contributed by atoms with Crippen molar-refractivity contribution >= 4 is 11.8 Å². The van der Waals surface area contributed by atoms with Crippen LogP contribution in [-0.2, 0) is 0 Å². The van der Waals surface area contributed by atoms with Crippen LogP contribution in [0.1, 0.15) is 25.0 Å². The first-order valence-electron chi connectivity index (χ1n) is 4.93. The van der Waals surface area contributed by atoms with Gasteiger partial charge in [0, 0.05) is 5.71 Å². The zero-order chi connectivity index (χ0) is 10.6. The fraction of sp³-hybridized carbons (Fsp3) is 0.308. The summed E-state index contributed by atoms with van der Waals surface area (Å²) in [7, 11) is 0. The van der Waals surface area contributed by atoms with Crippen LogP contribution in [0.25, 0.3) is 6.08 Å². The van der Waals surface area contributed by atoms with E-state index in [1.807, 2.05) is 38.1 Å².